The Bertz CT molecular complexity index is 5590. The minimum Gasteiger partial charge on any atom is -0.497 e. The number of nitrogens with one attached hydrogen (secondary N) is 1. The maximum atomic E-state index is 12.9. The molecule has 0 aliphatic carbocycles. The van der Waals surface area contributed by atoms with Gasteiger partial charge >= 0.3 is 0 Å². The van der Waals surface area contributed by atoms with Crippen molar-refractivity contribution in [3.05, 3.63) is 398 Å². The van der Waals surface area contributed by atoms with E-state index in [2.05, 4.69) is 248 Å². The van der Waals surface area contributed by atoms with Crippen molar-refractivity contribution >= 4 is 107 Å². The predicted octanol–water partition coefficient (Wildman–Crippen LogP) is 24.0. The van der Waals surface area contributed by atoms with Crippen LogP contribution in [0, 0.1) is 0 Å². The third-order valence-electron chi connectivity index (χ3n) is 17.8. The van der Waals surface area contributed by atoms with Gasteiger partial charge in [-0.25, -0.2) is 8.42 Å². The SMILES string of the molecule is COc1ccc([S+]2c3ccccc3Oc3ccccc32)cc1.O=S1(=O)c2ccccc2[S+](c2ccccc2)c2ccccc21.O=c1c2ccccc2[s+](-c2ccccc2)c2ccccc12.c1ccc([S+]2c3ccccc3Nc3ccccc32)cc1.c1ccc([S+]2c3ccccc3Sc3ccccc32)cc1. The van der Waals surface area contributed by atoms with Crippen LogP contribution in [0.3, 0.4) is 0 Å². The van der Waals surface area contributed by atoms with Crippen LogP contribution in [-0.4, -0.2) is 15.5 Å². The number of rotatable bonds is 6. The van der Waals surface area contributed by atoms with E-state index in [0.29, 0.717) is 9.79 Å². The fraction of sp³-hybridized carbons (Fsp3) is 0.0109. The van der Waals surface area contributed by atoms with E-state index in [1.807, 2.05) is 133 Å². The summed E-state index contributed by atoms with van der Waals surface area (Å²) in [5.74, 6) is 2.77. The molecule has 0 atom stereocenters. The highest BCUT2D eigenvalue weighted by Crippen LogP contribution is 2.51. The Morgan fingerprint density at radius 3 is 1.07 bits per heavy atom. The van der Waals surface area contributed by atoms with Crippen LogP contribution >= 0.6 is 22.2 Å². The lowest BCUT2D eigenvalue weighted by atomic mass is 10.2. The van der Waals surface area contributed by atoms with Crippen LogP contribution in [0.1, 0.15) is 0 Å². The zero-order chi connectivity index (χ0) is 71.1. The fourth-order valence-corrected chi connectivity index (χ4v) is 28.4. The number of hydrogen-bond donors (Lipinski definition) is 1. The first-order chi connectivity index (χ1) is 51.8. The Morgan fingerprint density at radius 2 is 0.619 bits per heavy atom. The van der Waals surface area contributed by atoms with Crippen LogP contribution < -0.4 is 20.2 Å². The summed E-state index contributed by atoms with van der Waals surface area (Å²) in [6, 6.07) is 132. The fourth-order valence-electron chi connectivity index (χ4n) is 13.1. The van der Waals surface area contributed by atoms with Gasteiger partial charge in [0.15, 0.2) is 74.7 Å². The summed E-state index contributed by atoms with van der Waals surface area (Å²) >= 11 is 1.89. The average Bonchev–Trinajstić information content (AvgIpc) is 0.739. The van der Waals surface area contributed by atoms with Gasteiger partial charge in [0.25, 0.3) is 0 Å². The Labute approximate surface area is 631 Å². The minimum absolute atomic E-state index is 0.0204. The summed E-state index contributed by atoms with van der Waals surface area (Å²) in [6.45, 7) is 0. The topological polar surface area (TPSA) is 81.7 Å². The number of anilines is 2. The Hall–Kier alpha value is -10.7. The van der Waals surface area contributed by atoms with Gasteiger partial charge in [-0.2, -0.15) is 0 Å². The summed E-state index contributed by atoms with van der Waals surface area (Å²) in [4.78, 5) is 32.6. The van der Waals surface area contributed by atoms with Gasteiger partial charge < -0.3 is 14.8 Å². The van der Waals surface area contributed by atoms with Gasteiger partial charge in [0.1, 0.15) is 59.1 Å². The largest absolute Gasteiger partial charge is 0.497 e. The smallest absolute Gasteiger partial charge is 0.216 e. The molecule has 0 saturated carbocycles. The highest BCUT2D eigenvalue weighted by atomic mass is 32.2. The molecule has 0 saturated heterocycles. The zero-order valence-corrected chi connectivity index (χ0v) is 62.6. The van der Waals surface area contributed by atoms with Crippen LogP contribution in [-0.2, 0) is 53.4 Å². The molecule has 1 aromatic heterocycles. The Morgan fingerprint density at radius 1 is 0.305 bits per heavy atom. The van der Waals surface area contributed by atoms with E-state index in [-0.39, 0.29) is 59.5 Å². The van der Waals surface area contributed by atoms with Crippen LogP contribution in [0.5, 0.6) is 17.2 Å². The van der Waals surface area contributed by atoms with Crippen LogP contribution in [0.4, 0.5) is 11.4 Å². The molecule has 4 aliphatic heterocycles. The number of benzene rings is 15. The van der Waals surface area contributed by atoms with E-state index >= 15 is 0 Å². The molecule has 16 aromatic rings. The van der Waals surface area contributed by atoms with E-state index in [4.69, 9.17) is 9.47 Å². The third-order valence-corrected chi connectivity index (χ3v) is 33.0. The summed E-state index contributed by atoms with van der Waals surface area (Å²) in [7, 11) is -2.48. The van der Waals surface area contributed by atoms with E-state index in [9.17, 15) is 13.2 Å². The van der Waals surface area contributed by atoms with Crippen molar-refractivity contribution in [2.75, 3.05) is 12.4 Å². The molecule has 0 radical (unpaired) electrons. The van der Waals surface area contributed by atoms with E-state index in [1.54, 1.807) is 31.4 Å². The van der Waals surface area contributed by atoms with Crippen LogP contribution in [0.25, 0.3) is 25.1 Å². The molecule has 13 heteroatoms. The van der Waals surface area contributed by atoms with Gasteiger partial charge in [-0.1, -0.05) is 206 Å². The quantitative estimate of drug-likeness (QED) is 0.131. The normalized spacial score (nSPS) is 13.3. The predicted molar refractivity (Wildman–Crippen MR) is 437 cm³/mol. The van der Waals surface area contributed by atoms with E-state index in [1.165, 1.54) is 70.1 Å². The van der Waals surface area contributed by atoms with E-state index in [0.717, 1.165) is 52.1 Å². The number of para-hydroxylation sites is 4. The molecule has 0 bridgehead atoms. The van der Waals surface area contributed by atoms with Gasteiger partial charge in [-0.15, -0.1) is 0 Å². The van der Waals surface area contributed by atoms with Crippen molar-refractivity contribution in [2.24, 2.45) is 0 Å². The monoisotopic (exact) mass is 1490 g/mol. The Balaban J connectivity index is 0.000000101. The molecule has 5 heterocycles. The van der Waals surface area contributed by atoms with Gasteiger partial charge in [-0.3, -0.25) is 4.79 Å². The number of sulfone groups is 1. The third kappa shape index (κ3) is 14.0. The standard InChI is InChI=1S/C19H15O2S.C19H13OS.C18H14NS.C18H13O2S2.C18H13S2/c1-20-14-10-12-15(13-11-14)22-18-8-4-2-6-16(18)21-17-7-3-5-9-19(17)22;20-19-15-10-4-6-12-17(15)21(14-8-2-1-3-9-14)18-13-7-5-11-16(18)19;1-2-8-14(9-3-1)20-17-12-6-4-10-15(17)19-16-11-5-7-13-18(16)20;19-22(20)17-12-6-4-10-15(17)21(14-8-2-1-3-9-14)16-11-5-7-13-18(16)22;1-2-8-14(9-3-1)20-17-12-6-4-10-15(17)19-16-11-5-7-13-18(16)20/h2-13H,1H3;1-13H;1-13,19H;1-13H;1-13H/q5*+1. The summed E-state index contributed by atoms with van der Waals surface area (Å²) in [5, 5.41) is 5.22. The molecule has 0 amide bonds. The van der Waals surface area contributed by atoms with Gasteiger partial charge in [0.05, 0.1) is 39.0 Å². The maximum Gasteiger partial charge on any atom is 0.216 e. The zero-order valence-electron chi connectivity index (χ0n) is 56.8. The summed E-state index contributed by atoms with van der Waals surface area (Å²) in [6.07, 6.45) is 0. The average molecular weight is 1490 g/mol. The van der Waals surface area contributed by atoms with Gasteiger partial charge in [0, 0.05) is 10.5 Å². The number of methoxy groups -OCH3 is 1. The summed E-state index contributed by atoms with van der Waals surface area (Å²) in [5.41, 5.74) is 2.58. The lowest BCUT2D eigenvalue weighted by Crippen LogP contribution is -2.20. The summed E-state index contributed by atoms with van der Waals surface area (Å²) < 4.78 is 39.3. The molecule has 15 aromatic carbocycles. The molecular formula is C92H68NO5S7+5. The molecule has 1 N–H and O–H groups in total. The second-order valence-electron chi connectivity index (χ2n) is 24.3. The van der Waals surface area contributed by atoms with Crippen molar-refractivity contribution in [1.82, 2.24) is 0 Å². The van der Waals surface area contributed by atoms with Crippen molar-refractivity contribution in [3.63, 3.8) is 0 Å². The molecule has 4 aliphatic rings. The van der Waals surface area contributed by atoms with Crippen molar-refractivity contribution in [2.45, 2.75) is 78.3 Å². The van der Waals surface area contributed by atoms with Crippen molar-refractivity contribution in [3.8, 4) is 22.1 Å². The minimum atomic E-state index is -3.44. The second-order valence-corrected chi connectivity index (χ2v) is 37.1. The molecule has 6 nitrogen and oxygen atoms in total. The number of fused-ring (bicyclic) bond motifs is 10. The highest BCUT2D eigenvalue weighted by molar-refractivity contribution is 8.04. The van der Waals surface area contributed by atoms with E-state index < -0.39 is 9.84 Å². The maximum absolute atomic E-state index is 12.9. The molecule has 0 unspecified atom stereocenters. The molecule has 105 heavy (non-hydrogen) atoms. The highest BCUT2D eigenvalue weighted by Gasteiger charge is 2.45. The lowest BCUT2D eigenvalue weighted by molar-refractivity contribution is 0.414. The van der Waals surface area contributed by atoms with Crippen molar-refractivity contribution < 1.29 is 17.9 Å². The molecule has 508 valence electrons. The van der Waals surface area contributed by atoms with Crippen molar-refractivity contribution in [1.29, 1.82) is 0 Å². The van der Waals surface area contributed by atoms with Gasteiger partial charge in [-0.05, 0) is 194 Å². The number of ether oxygens (including phenoxy) is 2. The lowest BCUT2D eigenvalue weighted by Gasteiger charge is -2.20. The molecule has 20 rings (SSSR count). The first-order valence-corrected chi connectivity index (χ1v) is 42.6. The van der Waals surface area contributed by atoms with Crippen LogP contribution in [0.15, 0.2) is 471 Å². The second kappa shape index (κ2) is 31.3. The first-order valence-electron chi connectivity index (χ1n) is 34.2. The molecular weight excluding hydrogens is 1420 g/mol. The van der Waals surface area contributed by atoms with Crippen LogP contribution in [0.2, 0.25) is 0 Å². The Kier molecular flexibility index (Phi) is 20.5. The molecule has 0 spiro atoms. The number of hydrogen-bond acceptors (Lipinski definition) is 7. The van der Waals surface area contributed by atoms with Gasteiger partial charge in [0.2, 0.25) is 25.1 Å². The first kappa shape index (κ1) is 68.7. The molecule has 0 fully saturated rings.